The molecule has 0 bridgehead atoms. The van der Waals surface area contributed by atoms with Crippen molar-refractivity contribution in [3.05, 3.63) is 53.6 Å². The summed E-state index contributed by atoms with van der Waals surface area (Å²) in [6.07, 6.45) is 0. The summed E-state index contributed by atoms with van der Waals surface area (Å²) in [7, 11) is -3.60. The lowest BCUT2D eigenvalue weighted by Gasteiger charge is -2.20. The van der Waals surface area contributed by atoms with Crippen LogP contribution in [-0.2, 0) is 14.8 Å². The van der Waals surface area contributed by atoms with E-state index in [0.29, 0.717) is 30.1 Å². The van der Waals surface area contributed by atoms with Gasteiger partial charge in [-0.15, -0.1) is 0 Å². The topological polar surface area (TPSA) is 75.7 Å². The molecule has 0 aliphatic carbocycles. The number of hydrogen-bond donors (Lipinski definition) is 1. The van der Waals surface area contributed by atoms with Gasteiger partial charge in [-0.1, -0.05) is 37.6 Å². The Labute approximate surface area is 161 Å². The van der Waals surface area contributed by atoms with Crippen molar-refractivity contribution >= 4 is 21.6 Å². The molecule has 2 aromatic carbocycles. The molecule has 2 aromatic rings. The van der Waals surface area contributed by atoms with Crippen LogP contribution in [0, 0.1) is 13.8 Å². The standard InChI is InChI=1S/C20H26N2O4S/c1-5-22(6-2)27(24,25)19-13-17(10-9-16(19)4)21-20(23)14-26-18-11-7-15(3)8-12-18/h7-13H,5-6,14H2,1-4H3,(H,21,23). The number of carbonyl (C=O) groups excluding carboxylic acids is 1. The van der Waals surface area contributed by atoms with E-state index in [0.717, 1.165) is 5.56 Å². The van der Waals surface area contributed by atoms with Crippen molar-refractivity contribution in [2.45, 2.75) is 32.6 Å². The number of amides is 1. The zero-order chi connectivity index (χ0) is 20.0. The number of nitrogens with one attached hydrogen (secondary N) is 1. The molecule has 146 valence electrons. The summed E-state index contributed by atoms with van der Waals surface area (Å²) in [6.45, 7) is 7.92. The molecule has 0 aromatic heterocycles. The monoisotopic (exact) mass is 390 g/mol. The highest BCUT2D eigenvalue weighted by molar-refractivity contribution is 7.89. The van der Waals surface area contributed by atoms with E-state index >= 15 is 0 Å². The lowest BCUT2D eigenvalue weighted by atomic mass is 10.2. The smallest absolute Gasteiger partial charge is 0.262 e. The van der Waals surface area contributed by atoms with Crippen molar-refractivity contribution < 1.29 is 17.9 Å². The first kappa shape index (κ1) is 20.9. The summed E-state index contributed by atoms with van der Waals surface area (Å²) in [5.74, 6) is 0.245. The number of sulfonamides is 1. The second-order valence-corrected chi connectivity index (χ2v) is 8.13. The maximum absolute atomic E-state index is 12.8. The van der Waals surface area contributed by atoms with E-state index < -0.39 is 10.0 Å². The van der Waals surface area contributed by atoms with Crippen LogP contribution in [0.25, 0.3) is 0 Å². The number of rotatable bonds is 8. The lowest BCUT2D eigenvalue weighted by Crippen LogP contribution is -2.31. The Kier molecular flexibility index (Phi) is 6.98. The van der Waals surface area contributed by atoms with Gasteiger partial charge in [0.2, 0.25) is 10.0 Å². The molecule has 27 heavy (non-hydrogen) atoms. The second kappa shape index (κ2) is 9.01. The number of ether oxygens (including phenoxy) is 1. The van der Waals surface area contributed by atoms with Crippen molar-refractivity contribution in [1.82, 2.24) is 4.31 Å². The van der Waals surface area contributed by atoms with Crippen LogP contribution in [0.2, 0.25) is 0 Å². The molecule has 0 fully saturated rings. The molecule has 0 aliphatic rings. The minimum Gasteiger partial charge on any atom is -0.484 e. The molecule has 1 amide bonds. The van der Waals surface area contributed by atoms with Crippen LogP contribution in [0.3, 0.4) is 0 Å². The molecule has 0 saturated carbocycles. The quantitative estimate of drug-likeness (QED) is 0.750. The molecular formula is C20H26N2O4S. The van der Waals surface area contributed by atoms with Gasteiger partial charge in [-0.05, 0) is 43.7 Å². The summed E-state index contributed by atoms with van der Waals surface area (Å²) in [5, 5.41) is 2.69. The Bertz CT molecular complexity index is 889. The molecule has 0 spiro atoms. The Morgan fingerprint density at radius 3 is 2.26 bits per heavy atom. The van der Waals surface area contributed by atoms with Gasteiger partial charge in [-0.3, -0.25) is 4.79 Å². The summed E-state index contributed by atoms with van der Waals surface area (Å²) < 4.78 is 32.4. The zero-order valence-corrected chi connectivity index (χ0v) is 17.0. The zero-order valence-electron chi connectivity index (χ0n) is 16.2. The van der Waals surface area contributed by atoms with Crippen LogP contribution >= 0.6 is 0 Å². The van der Waals surface area contributed by atoms with Crippen molar-refractivity contribution in [3.8, 4) is 5.75 Å². The van der Waals surface area contributed by atoms with Gasteiger partial charge in [0.1, 0.15) is 5.75 Å². The number of nitrogens with zero attached hydrogens (tertiary/aromatic N) is 1. The van der Waals surface area contributed by atoms with Gasteiger partial charge in [0.25, 0.3) is 5.91 Å². The van der Waals surface area contributed by atoms with Crippen LogP contribution in [0.4, 0.5) is 5.69 Å². The molecule has 0 radical (unpaired) electrons. The molecule has 6 nitrogen and oxygen atoms in total. The van der Waals surface area contributed by atoms with E-state index in [1.807, 2.05) is 19.1 Å². The molecule has 0 atom stereocenters. The fraction of sp³-hybridized carbons (Fsp3) is 0.350. The van der Waals surface area contributed by atoms with Crippen LogP contribution < -0.4 is 10.1 Å². The molecule has 0 unspecified atom stereocenters. The highest BCUT2D eigenvalue weighted by Gasteiger charge is 2.24. The van der Waals surface area contributed by atoms with Crippen LogP contribution in [-0.4, -0.2) is 38.3 Å². The van der Waals surface area contributed by atoms with E-state index in [4.69, 9.17) is 4.74 Å². The highest BCUT2D eigenvalue weighted by atomic mass is 32.2. The Balaban J connectivity index is 2.11. The normalized spacial score (nSPS) is 11.4. The molecule has 1 N–H and O–H groups in total. The fourth-order valence-electron chi connectivity index (χ4n) is 2.64. The number of anilines is 1. The Morgan fingerprint density at radius 1 is 1.04 bits per heavy atom. The van der Waals surface area contributed by atoms with E-state index in [2.05, 4.69) is 5.32 Å². The van der Waals surface area contributed by atoms with E-state index in [-0.39, 0.29) is 17.4 Å². The van der Waals surface area contributed by atoms with Crippen molar-refractivity contribution in [2.75, 3.05) is 25.0 Å². The molecule has 7 heteroatoms. The predicted molar refractivity (Wildman–Crippen MR) is 107 cm³/mol. The van der Waals surface area contributed by atoms with Gasteiger partial charge in [0, 0.05) is 18.8 Å². The molecule has 0 saturated heterocycles. The van der Waals surface area contributed by atoms with Crippen LogP contribution in [0.1, 0.15) is 25.0 Å². The fourth-order valence-corrected chi connectivity index (χ4v) is 4.35. The maximum atomic E-state index is 12.8. The predicted octanol–water partition coefficient (Wildman–Crippen LogP) is 3.35. The first-order chi connectivity index (χ1) is 12.8. The lowest BCUT2D eigenvalue weighted by molar-refractivity contribution is -0.118. The minimum atomic E-state index is -3.60. The van der Waals surface area contributed by atoms with Gasteiger partial charge in [0.05, 0.1) is 4.90 Å². The summed E-state index contributed by atoms with van der Waals surface area (Å²) in [6, 6.07) is 12.3. The largest absolute Gasteiger partial charge is 0.484 e. The van der Waals surface area contributed by atoms with Crippen LogP contribution in [0.15, 0.2) is 47.4 Å². The van der Waals surface area contributed by atoms with Crippen molar-refractivity contribution in [2.24, 2.45) is 0 Å². The third-order valence-electron chi connectivity index (χ3n) is 4.19. The summed E-state index contributed by atoms with van der Waals surface area (Å²) in [4.78, 5) is 12.3. The maximum Gasteiger partial charge on any atom is 0.262 e. The molecule has 0 heterocycles. The summed E-state index contributed by atoms with van der Waals surface area (Å²) >= 11 is 0. The number of hydrogen-bond acceptors (Lipinski definition) is 4. The highest BCUT2D eigenvalue weighted by Crippen LogP contribution is 2.23. The van der Waals surface area contributed by atoms with Crippen molar-refractivity contribution in [1.29, 1.82) is 0 Å². The van der Waals surface area contributed by atoms with Gasteiger partial charge in [-0.2, -0.15) is 4.31 Å². The third-order valence-corrected chi connectivity index (χ3v) is 6.38. The number of aryl methyl sites for hydroxylation is 2. The first-order valence-electron chi connectivity index (χ1n) is 8.88. The van der Waals surface area contributed by atoms with Crippen LogP contribution in [0.5, 0.6) is 5.75 Å². The molecule has 2 rings (SSSR count). The number of carbonyl (C=O) groups is 1. The van der Waals surface area contributed by atoms with Gasteiger partial charge < -0.3 is 10.1 Å². The van der Waals surface area contributed by atoms with E-state index in [9.17, 15) is 13.2 Å². The van der Waals surface area contributed by atoms with E-state index in [1.165, 1.54) is 10.4 Å². The Morgan fingerprint density at radius 2 is 1.67 bits per heavy atom. The SMILES string of the molecule is CCN(CC)S(=O)(=O)c1cc(NC(=O)COc2ccc(C)cc2)ccc1C. The summed E-state index contributed by atoms with van der Waals surface area (Å²) in [5.41, 5.74) is 2.16. The van der Waals surface area contributed by atoms with E-state index in [1.54, 1.807) is 45.0 Å². The Hall–Kier alpha value is -2.38. The van der Waals surface area contributed by atoms with Crippen molar-refractivity contribution in [3.63, 3.8) is 0 Å². The average molecular weight is 391 g/mol. The van der Waals surface area contributed by atoms with Gasteiger partial charge in [-0.25, -0.2) is 8.42 Å². The van der Waals surface area contributed by atoms with Gasteiger partial charge >= 0.3 is 0 Å². The second-order valence-electron chi connectivity index (χ2n) is 6.22. The van der Waals surface area contributed by atoms with Gasteiger partial charge in [0.15, 0.2) is 6.61 Å². The minimum absolute atomic E-state index is 0.158. The number of benzene rings is 2. The molecular weight excluding hydrogens is 364 g/mol. The third kappa shape index (κ3) is 5.30. The molecule has 0 aliphatic heterocycles. The first-order valence-corrected chi connectivity index (χ1v) is 10.3. The average Bonchev–Trinajstić information content (AvgIpc) is 2.63.